The summed E-state index contributed by atoms with van der Waals surface area (Å²) in [5.74, 6) is -0.615. The molecule has 0 bridgehead atoms. The molecule has 3 rings (SSSR count). The van der Waals surface area contributed by atoms with E-state index >= 15 is 0 Å². The Labute approximate surface area is 180 Å². The lowest BCUT2D eigenvalue weighted by Crippen LogP contribution is -2.43. The Hall–Kier alpha value is -2.10. The molecule has 0 spiro atoms. The summed E-state index contributed by atoms with van der Waals surface area (Å²) in [4.78, 5) is 24.0. The highest BCUT2D eigenvalue weighted by Crippen LogP contribution is 2.40. The first-order chi connectivity index (χ1) is 14.0. The van der Waals surface area contributed by atoms with Gasteiger partial charge < -0.3 is 15.7 Å². The van der Waals surface area contributed by atoms with Crippen LogP contribution in [0, 0.1) is 0 Å². The van der Waals surface area contributed by atoms with Crippen molar-refractivity contribution in [2.75, 3.05) is 24.7 Å². The second-order valence-corrected chi connectivity index (χ2v) is 10.7. The number of anilines is 3. The lowest BCUT2D eigenvalue weighted by Gasteiger charge is -2.32. The van der Waals surface area contributed by atoms with Crippen LogP contribution < -0.4 is 21.5 Å². The number of hydrogen-bond donors (Lipinski definition) is 3. The van der Waals surface area contributed by atoms with E-state index in [0.29, 0.717) is 0 Å². The highest BCUT2D eigenvalue weighted by Gasteiger charge is 2.32. The minimum atomic E-state index is -4.03. The zero-order chi connectivity index (χ0) is 22.3. The van der Waals surface area contributed by atoms with Gasteiger partial charge in [-0.25, -0.2) is 12.7 Å². The van der Waals surface area contributed by atoms with Crippen molar-refractivity contribution in [2.24, 2.45) is 0 Å². The summed E-state index contributed by atoms with van der Waals surface area (Å²) in [5.41, 5.74) is -1.51. The van der Waals surface area contributed by atoms with Gasteiger partial charge in [-0.1, -0.05) is 37.3 Å². The maximum Gasteiger partial charge on any atom is 0.253 e. The molecule has 30 heavy (non-hydrogen) atoms. The van der Waals surface area contributed by atoms with E-state index in [1.165, 1.54) is 26.2 Å². The van der Waals surface area contributed by atoms with E-state index in [1.807, 2.05) is 6.92 Å². The Balaban J connectivity index is 1.96. The number of aromatic hydroxyl groups is 1. The topological polar surface area (TPSA) is 116 Å². The molecule has 1 aliphatic rings. The van der Waals surface area contributed by atoms with Crippen LogP contribution in [0.5, 0.6) is 5.75 Å². The maximum atomic E-state index is 12.5. The fourth-order valence-electron chi connectivity index (χ4n) is 3.78. The monoisotopic (exact) mass is 455 g/mol. The zero-order valence-electron chi connectivity index (χ0n) is 17.2. The quantitative estimate of drug-likeness (QED) is 0.348. The van der Waals surface area contributed by atoms with E-state index in [2.05, 4.69) is 10.6 Å². The van der Waals surface area contributed by atoms with Crippen molar-refractivity contribution >= 4 is 38.7 Å². The second kappa shape index (κ2) is 8.20. The van der Waals surface area contributed by atoms with Crippen molar-refractivity contribution in [2.45, 2.75) is 55.9 Å². The van der Waals surface area contributed by atoms with Gasteiger partial charge in [-0.3, -0.25) is 9.59 Å². The smallest absolute Gasteiger partial charge is 0.253 e. The average molecular weight is 456 g/mol. The lowest BCUT2D eigenvalue weighted by atomic mass is 9.91. The van der Waals surface area contributed by atoms with Crippen LogP contribution in [-0.2, 0) is 10.0 Å². The summed E-state index contributed by atoms with van der Waals surface area (Å²) in [6.07, 6.45) is 6.09. The second-order valence-electron chi connectivity index (χ2n) is 8.19. The molecule has 0 unspecified atom stereocenters. The molecule has 0 atom stereocenters. The van der Waals surface area contributed by atoms with Crippen LogP contribution in [0.2, 0.25) is 5.02 Å². The normalized spacial score (nSPS) is 17.1. The van der Waals surface area contributed by atoms with Crippen LogP contribution in [0.4, 0.5) is 17.1 Å². The molecule has 8 nitrogen and oxygen atoms in total. The number of phenolic OH excluding ortho intramolecular Hbond substituents is 1. The molecule has 0 amide bonds. The largest absolute Gasteiger partial charge is 0.504 e. The average Bonchev–Trinajstić information content (AvgIpc) is 2.90. The van der Waals surface area contributed by atoms with Crippen molar-refractivity contribution < 1.29 is 13.5 Å². The van der Waals surface area contributed by atoms with Gasteiger partial charge in [0.15, 0.2) is 5.75 Å². The fraction of sp³-hybridized carbons (Fsp3) is 0.500. The SMILES string of the molecule is CN(C)S(=O)(=O)c1c(Cl)ccc(Nc2c(NC3(C)CCCCCC3)c(=O)c2=O)c1O. The first-order valence-electron chi connectivity index (χ1n) is 9.80. The molecule has 2 aromatic rings. The van der Waals surface area contributed by atoms with Crippen molar-refractivity contribution in [1.29, 1.82) is 0 Å². The molecule has 0 heterocycles. The zero-order valence-corrected chi connectivity index (χ0v) is 18.8. The third-order valence-electron chi connectivity index (χ3n) is 5.63. The molecule has 0 radical (unpaired) electrons. The Kier molecular flexibility index (Phi) is 6.18. The van der Waals surface area contributed by atoms with E-state index in [4.69, 9.17) is 11.6 Å². The van der Waals surface area contributed by atoms with Crippen LogP contribution >= 0.6 is 11.6 Å². The summed E-state index contributed by atoms with van der Waals surface area (Å²) in [7, 11) is -1.40. The van der Waals surface area contributed by atoms with Gasteiger partial charge in [0.25, 0.3) is 10.9 Å². The molecule has 1 aliphatic carbocycles. The summed E-state index contributed by atoms with van der Waals surface area (Å²) in [6.45, 7) is 2.03. The Bertz CT molecular complexity index is 1130. The third-order valence-corrected chi connectivity index (χ3v) is 7.94. The van der Waals surface area contributed by atoms with Crippen LogP contribution in [0.15, 0.2) is 26.6 Å². The molecule has 0 aromatic heterocycles. The number of sulfonamides is 1. The van der Waals surface area contributed by atoms with Crippen molar-refractivity contribution in [1.82, 2.24) is 4.31 Å². The minimum Gasteiger partial charge on any atom is -0.504 e. The molecule has 2 aromatic carbocycles. The van der Waals surface area contributed by atoms with Crippen LogP contribution in [0.3, 0.4) is 0 Å². The number of nitrogens with zero attached hydrogens (tertiary/aromatic N) is 1. The maximum absolute atomic E-state index is 12.5. The number of rotatable bonds is 6. The molecular weight excluding hydrogens is 430 g/mol. The van der Waals surface area contributed by atoms with Gasteiger partial charge in [0.2, 0.25) is 10.0 Å². The summed E-state index contributed by atoms with van der Waals surface area (Å²) < 4.78 is 26.0. The predicted molar refractivity (Wildman–Crippen MR) is 118 cm³/mol. The summed E-state index contributed by atoms with van der Waals surface area (Å²) in [6, 6.07) is 2.67. The first kappa shape index (κ1) is 22.6. The van der Waals surface area contributed by atoms with Crippen molar-refractivity contribution in [3.05, 3.63) is 37.6 Å². The number of halogens is 1. The van der Waals surface area contributed by atoms with Gasteiger partial charge in [-0.2, -0.15) is 0 Å². The van der Waals surface area contributed by atoms with Gasteiger partial charge >= 0.3 is 0 Å². The molecule has 1 fully saturated rings. The van der Waals surface area contributed by atoms with E-state index < -0.39 is 31.5 Å². The van der Waals surface area contributed by atoms with Crippen LogP contribution in [-0.4, -0.2) is 37.5 Å². The highest BCUT2D eigenvalue weighted by atomic mass is 35.5. The van der Waals surface area contributed by atoms with Crippen molar-refractivity contribution in [3.63, 3.8) is 0 Å². The number of hydrogen-bond acceptors (Lipinski definition) is 7. The van der Waals surface area contributed by atoms with Gasteiger partial charge in [0.05, 0.1) is 10.7 Å². The molecular formula is C20H26ClN3O5S. The van der Waals surface area contributed by atoms with E-state index in [-0.39, 0.29) is 27.6 Å². The van der Waals surface area contributed by atoms with Gasteiger partial charge in [-0.05, 0) is 31.9 Å². The summed E-state index contributed by atoms with van der Waals surface area (Å²) >= 11 is 6.02. The molecule has 0 aliphatic heterocycles. The molecule has 1 saturated carbocycles. The van der Waals surface area contributed by atoms with Crippen LogP contribution in [0.1, 0.15) is 45.4 Å². The summed E-state index contributed by atoms with van der Waals surface area (Å²) in [5, 5.41) is 16.4. The van der Waals surface area contributed by atoms with E-state index in [1.54, 1.807) is 0 Å². The lowest BCUT2D eigenvalue weighted by molar-refractivity contribution is 0.446. The van der Waals surface area contributed by atoms with Gasteiger partial charge in [0.1, 0.15) is 16.3 Å². The highest BCUT2D eigenvalue weighted by molar-refractivity contribution is 7.89. The molecule has 0 saturated heterocycles. The Morgan fingerprint density at radius 1 is 1.03 bits per heavy atom. The number of nitrogens with one attached hydrogen (secondary N) is 2. The molecule has 3 N–H and O–H groups in total. The predicted octanol–water partition coefficient (Wildman–Crippen LogP) is 3.16. The van der Waals surface area contributed by atoms with Gasteiger partial charge in [-0.15, -0.1) is 0 Å². The minimum absolute atomic E-state index is 0.0105. The Morgan fingerprint density at radius 2 is 1.60 bits per heavy atom. The fourth-order valence-corrected chi connectivity index (χ4v) is 5.25. The number of phenols is 1. The Morgan fingerprint density at radius 3 is 2.17 bits per heavy atom. The third kappa shape index (κ3) is 4.06. The van der Waals surface area contributed by atoms with E-state index in [9.17, 15) is 23.1 Å². The van der Waals surface area contributed by atoms with Crippen LogP contribution in [0.25, 0.3) is 0 Å². The molecule has 164 valence electrons. The standard InChI is InChI=1S/C20H26ClN3O5S/c1-20(10-6-4-5-7-11-20)23-15-14(17(26)18(15)27)22-13-9-8-12(21)19(16(13)25)30(28,29)24(2)3/h8-9,22-23,25H,4-7,10-11H2,1-3H3. The van der Waals surface area contributed by atoms with Crippen molar-refractivity contribution in [3.8, 4) is 5.75 Å². The van der Waals surface area contributed by atoms with Gasteiger partial charge in [0, 0.05) is 19.6 Å². The molecule has 10 heteroatoms. The first-order valence-corrected chi connectivity index (χ1v) is 11.6. The number of benzene rings is 1. The van der Waals surface area contributed by atoms with E-state index in [0.717, 1.165) is 42.8 Å².